The molecule has 0 spiro atoms. The maximum atomic E-state index is 13.5. The molecule has 1 saturated heterocycles. The molecule has 3 aromatic rings. The summed E-state index contributed by atoms with van der Waals surface area (Å²) in [5.41, 5.74) is 1.72. The number of hydrogen-bond donors (Lipinski definition) is 0. The van der Waals surface area contributed by atoms with Crippen molar-refractivity contribution in [2.45, 2.75) is 25.5 Å². The normalized spacial score (nSPS) is 19.1. The number of amides is 2. The van der Waals surface area contributed by atoms with Gasteiger partial charge in [0.15, 0.2) is 0 Å². The number of benzene rings is 2. The van der Waals surface area contributed by atoms with E-state index in [1.165, 1.54) is 16.0 Å². The number of hydrogen-bond acceptors (Lipinski definition) is 5. The predicted octanol–water partition coefficient (Wildman–Crippen LogP) is 3.80. The van der Waals surface area contributed by atoms with Gasteiger partial charge in [-0.1, -0.05) is 48.5 Å². The molecule has 0 N–H and O–H groups in total. The minimum atomic E-state index is -1.09. The number of likely N-dealkylation sites (N-methyl/N-ethyl adjacent to an activating group) is 2. The molecule has 7 nitrogen and oxygen atoms in total. The van der Waals surface area contributed by atoms with Crippen LogP contribution in [0.5, 0.6) is 5.75 Å². The van der Waals surface area contributed by atoms with E-state index >= 15 is 0 Å². The molecule has 0 aliphatic carbocycles. The van der Waals surface area contributed by atoms with Crippen molar-refractivity contribution in [1.29, 1.82) is 5.26 Å². The van der Waals surface area contributed by atoms with Gasteiger partial charge >= 0.3 is 0 Å². The lowest BCUT2D eigenvalue weighted by molar-refractivity contribution is -0.155. The third-order valence-corrected chi connectivity index (χ3v) is 6.32. The van der Waals surface area contributed by atoms with Crippen LogP contribution in [0.25, 0.3) is 6.08 Å². The average molecular weight is 467 g/mol. The summed E-state index contributed by atoms with van der Waals surface area (Å²) in [4.78, 5) is 33.8. The molecule has 4 rings (SSSR count). The first-order chi connectivity index (χ1) is 16.8. The highest BCUT2D eigenvalue weighted by Crippen LogP contribution is 2.32. The van der Waals surface area contributed by atoms with Crippen LogP contribution in [0.1, 0.15) is 29.3 Å². The molecule has 1 fully saturated rings. The van der Waals surface area contributed by atoms with Gasteiger partial charge in [0.25, 0.3) is 11.8 Å². The van der Waals surface area contributed by atoms with E-state index in [9.17, 15) is 14.9 Å². The summed E-state index contributed by atoms with van der Waals surface area (Å²) in [6.45, 7) is 2.21. The minimum Gasteiger partial charge on any atom is -0.489 e. The van der Waals surface area contributed by atoms with E-state index in [1.807, 2.05) is 60.7 Å². The molecule has 0 radical (unpaired) electrons. The quantitative estimate of drug-likeness (QED) is 0.516. The maximum Gasteiger partial charge on any atom is 0.271 e. The van der Waals surface area contributed by atoms with Crippen molar-refractivity contribution < 1.29 is 14.3 Å². The average Bonchev–Trinajstić information content (AvgIpc) is 2.89. The van der Waals surface area contributed by atoms with E-state index in [0.29, 0.717) is 24.3 Å². The molecule has 0 bridgehead atoms. The van der Waals surface area contributed by atoms with Crippen LogP contribution in [0, 0.1) is 11.3 Å². The Labute approximate surface area is 204 Å². The highest BCUT2D eigenvalue weighted by atomic mass is 16.5. The standard InChI is InChI=1S/C28H26N4O3/c1-28(17-21-11-7-13-23(15-21)35-19-20-9-5-4-6-10-20)27(34)31(2)25(26(33)32(28)3)16-22-12-8-14-30-24(22)18-29/h4-16H,17,19H2,1-3H3. The first-order valence-electron chi connectivity index (χ1n) is 11.2. The summed E-state index contributed by atoms with van der Waals surface area (Å²) in [5, 5.41) is 9.33. The Balaban J connectivity index is 1.56. The Morgan fingerprint density at radius 3 is 2.51 bits per heavy atom. The van der Waals surface area contributed by atoms with Gasteiger partial charge in [0.1, 0.15) is 35.4 Å². The number of carbonyl (C=O) groups is 2. The number of ether oxygens (including phenoxy) is 1. The SMILES string of the molecule is CN1C(=O)C(C)(Cc2cccc(OCc3ccccc3)c2)N(C)C(=O)C1=Cc1cccnc1C#N. The molecule has 7 heteroatoms. The number of carbonyl (C=O) groups excluding carboxylic acids is 2. The number of rotatable bonds is 6. The third kappa shape index (κ3) is 4.78. The van der Waals surface area contributed by atoms with Gasteiger partial charge in [0.2, 0.25) is 0 Å². The monoisotopic (exact) mass is 466 g/mol. The number of nitriles is 1. The van der Waals surface area contributed by atoms with Gasteiger partial charge in [-0.2, -0.15) is 5.26 Å². The summed E-state index contributed by atoms with van der Waals surface area (Å²) >= 11 is 0. The Bertz CT molecular complexity index is 1330. The van der Waals surface area contributed by atoms with Crippen LogP contribution in [-0.2, 0) is 22.6 Å². The van der Waals surface area contributed by atoms with Crippen LogP contribution in [-0.4, -0.2) is 46.2 Å². The maximum absolute atomic E-state index is 13.5. The lowest BCUT2D eigenvalue weighted by atomic mass is 9.87. The van der Waals surface area contributed by atoms with E-state index < -0.39 is 5.54 Å². The fourth-order valence-corrected chi connectivity index (χ4v) is 4.16. The highest BCUT2D eigenvalue weighted by Gasteiger charge is 2.48. The predicted molar refractivity (Wildman–Crippen MR) is 132 cm³/mol. The molecule has 1 unspecified atom stereocenters. The molecule has 1 aliphatic rings. The van der Waals surface area contributed by atoms with Crippen molar-refractivity contribution in [2.24, 2.45) is 0 Å². The van der Waals surface area contributed by atoms with Gasteiger partial charge in [-0.25, -0.2) is 4.98 Å². The molecule has 2 amide bonds. The fourth-order valence-electron chi connectivity index (χ4n) is 4.16. The van der Waals surface area contributed by atoms with Gasteiger partial charge < -0.3 is 14.5 Å². The van der Waals surface area contributed by atoms with Crippen molar-refractivity contribution in [2.75, 3.05) is 14.1 Å². The van der Waals surface area contributed by atoms with E-state index in [1.54, 1.807) is 39.2 Å². The van der Waals surface area contributed by atoms with E-state index in [-0.39, 0.29) is 23.2 Å². The van der Waals surface area contributed by atoms with E-state index in [2.05, 4.69) is 4.98 Å². The number of aromatic nitrogens is 1. The Morgan fingerprint density at radius 1 is 1.03 bits per heavy atom. The van der Waals surface area contributed by atoms with Crippen LogP contribution in [0.3, 0.4) is 0 Å². The lowest BCUT2D eigenvalue weighted by Gasteiger charge is -2.45. The van der Waals surface area contributed by atoms with Crippen molar-refractivity contribution in [1.82, 2.24) is 14.8 Å². The smallest absolute Gasteiger partial charge is 0.271 e. The number of nitrogens with zero attached hydrogens (tertiary/aromatic N) is 4. The van der Waals surface area contributed by atoms with Crippen LogP contribution < -0.4 is 4.74 Å². The summed E-state index contributed by atoms with van der Waals surface area (Å²) in [7, 11) is 3.21. The summed E-state index contributed by atoms with van der Waals surface area (Å²) < 4.78 is 5.94. The first kappa shape index (κ1) is 23.7. The largest absolute Gasteiger partial charge is 0.489 e. The summed E-state index contributed by atoms with van der Waals surface area (Å²) in [6, 6.07) is 22.9. The topological polar surface area (TPSA) is 86.5 Å². The van der Waals surface area contributed by atoms with Crippen molar-refractivity contribution in [3.05, 3.63) is 101 Å². The van der Waals surface area contributed by atoms with Gasteiger partial charge in [0, 0.05) is 32.3 Å². The fraction of sp³-hybridized carbons (Fsp3) is 0.214. The van der Waals surface area contributed by atoms with Gasteiger partial charge in [0.05, 0.1) is 0 Å². The molecular formula is C28H26N4O3. The molecule has 1 aromatic heterocycles. The molecule has 1 atom stereocenters. The zero-order valence-electron chi connectivity index (χ0n) is 19.9. The van der Waals surface area contributed by atoms with Gasteiger partial charge in [-0.3, -0.25) is 9.59 Å². The molecule has 2 heterocycles. The van der Waals surface area contributed by atoms with Crippen LogP contribution in [0.2, 0.25) is 0 Å². The summed E-state index contributed by atoms with van der Waals surface area (Å²) in [5.74, 6) is 0.171. The Morgan fingerprint density at radius 2 is 1.77 bits per heavy atom. The molecule has 0 saturated carbocycles. The molecule has 35 heavy (non-hydrogen) atoms. The zero-order valence-corrected chi connectivity index (χ0v) is 19.9. The zero-order chi connectivity index (χ0) is 25.0. The van der Waals surface area contributed by atoms with Gasteiger partial charge in [-0.05, 0) is 42.3 Å². The number of piperazine rings is 1. The van der Waals surface area contributed by atoms with Crippen molar-refractivity contribution in [3.63, 3.8) is 0 Å². The molecular weight excluding hydrogens is 440 g/mol. The van der Waals surface area contributed by atoms with E-state index in [4.69, 9.17) is 4.74 Å². The van der Waals surface area contributed by atoms with Crippen LogP contribution in [0.15, 0.2) is 78.6 Å². The van der Waals surface area contributed by atoms with Gasteiger partial charge in [-0.15, -0.1) is 0 Å². The van der Waals surface area contributed by atoms with Crippen LogP contribution >= 0.6 is 0 Å². The third-order valence-electron chi connectivity index (χ3n) is 6.32. The Hall–Kier alpha value is -4.44. The second-order valence-corrected chi connectivity index (χ2v) is 8.68. The Kier molecular flexibility index (Phi) is 6.65. The van der Waals surface area contributed by atoms with Crippen molar-refractivity contribution >= 4 is 17.9 Å². The minimum absolute atomic E-state index is 0.192. The molecule has 2 aromatic carbocycles. The van der Waals surface area contributed by atoms with Crippen molar-refractivity contribution in [3.8, 4) is 11.8 Å². The second-order valence-electron chi connectivity index (χ2n) is 8.68. The lowest BCUT2D eigenvalue weighted by Crippen LogP contribution is -2.64. The number of pyridine rings is 1. The summed E-state index contributed by atoms with van der Waals surface area (Å²) in [6.07, 6.45) is 3.38. The van der Waals surface area contributed by atoms with Crippen LogP contribution in [0.4, 0.5) is 0 Å². The second kappa shape index (κ2) is 9.82. The van der Waals surface area contributed by atoms with E-state index in [0.717, 1.165) is 11.1 Å². The molecule has 1 aliphatic heterocycles. The molecule has 176 valence electrons. The first-order valence-corrected chi connectivity index (χ1v) is 11.2. The highest BCUT2D eigenvalue weighted by molar-refractivity contribution is 6.08.